The van der Waals surface area contributed by atoms with E-state index in [0.717, 1.165) is 19.6 Å². The van der Waals surface area contributed by atoms with Crippen molar-refractivity contribution in [3.05, 3.63) is 29.6 Å². The monoisotopic (exact) mass is 269 g/mol. The molecule has 0 aromatic heterocycles. The zero-order valence-corrected chi connectivity index (χ0v) is 12.0. The lowest BCUT2D eigenvalue weighted by atomic mass is 10.1. The van der Waals surface area contributed by atoms with Crippen molar-refractivity contribution in [2.75, 3.05) is 26.4 Å². The lowest BCUT2D eigenvalue weighted by molar-refractivity contribution is 0.0999. The summed E-state index contributed by atoms with van der Waals surface area (Å²) >= 11 is 0. The van der Waals surface area contributed by atoms with Gasteiger partial charge in [-0.3, -0.25) is 0 Å². The fraction of sp³-hybridized carbons (Fsp3) is 0.600. The van der Waals surface area contributed by atoms with Crippen molar-refractivity contribution < 1.29 is 13.9 Å². The molecular weight excluding hydrogens is 245 g/mol. The van der Waals surface area contributed by atoms with Crippen LogP contribution < -0.4 is 10.1 Å². The van der Waals surface area contributed by atoms with Gasteiger partial charge in [0.2, 0.25) is 0 Å². The van der Waals surface area contributed by atoms with Gasteiger partial charge in [-0.05, 0) is 32.0 Å². The van der Waals surface area contributed by atoms with Crippen molar-refractivity contribution in [2.24, 2.45) is 0 Å². The van der Waals surface area contributed by atoms with Crippen LogP contribution >= 0.6 is 0 Å². The van der Waals surface area contributed by atoms with Crippen LogP contribution in [0.2, 0.25) is 0 Å². The summed E-state index contributed by atoms with van der Waals surface area (Å²) in [5.41, 5.74) is 0.583. The average molecular weight is 269 g/mol. The Kier molecular flexibility index (Phi) is 7.45. The normalized spacial score (nSPS) is 12.4. The molecule has 1 aromatic rings. The predicted molar refractivity (Wildman–Crippen MR) is 75.1 cm³/mol. The van der Waals surface area contributed by atoms with E-state index in [0.29, 0.717) is 24.5 Å². The van der Waals surface area contributed by atoms with Crippen molar-refractivity contribution >= 4 is 0 Å². The van der Waals surface area contributed by atoms with Crippen molar-refractivity contribution in [3.8, 4) is 5.75 Å². The summed E-state index contributed by atoms with van der Waals surface area (Å²) in [6.45, 7) is 8.47. The number of benzene rings is 1. The molecule has 19 heavy (non-hydrogen) atoms. The lowest BCUT2D eigenvalue weighted by Crippen LogP contribution is -2.20. The van der Waals surface area contributed by atoms with Gasteiger partial charge in [-0.15, -0.1) is 0 Å². The van der Waals surface area contributed by atoms with Crippen LogP contribution in [0.1, 0.15) is 38.8 Å². The van der Waals surface area contributed by atoms with E-state index in [1.54, 1.807) is 12.1 Å². The van der Waals surface area contributed by atoms with Gasteiger partial charge in [0.15, 0.2) is 0 Å². The van der Waals surface area contributed by atoms with Gasteiger partial charge in [-0.1, -0.05) is 19.9 Å². The standard InChI is InChI=1S/C15H24FNO2/c1-4-9-18-10-11-19-14-8-6-7-13(16)15(14)12(3)17-5-2/h6-8,12,17H,4-5,9-11H2,1-3H3. The first-order valence-corrected chi connectivity index (χ1v) is 6.93. The third-order valence-electron chi connectivity index (χ3n) is 2.79. The number of ether oxygens (including phenoxy) is 2. The van der Waals surface area contributed by atoms with Gasteiger partial charge in [0.05, 0.1) is 6.61 Å². The summed E-state index contributed by atoms with van der Waals surface area (Å²) in [5.74, 6) is 0.356. The Labute approximate surface area is 115 Å². The average Bonchev–Trinajstić information content (AvgIpc) is 2.38. The third-order valence-corrected chi connectivity index (χ3v) is 2.79. The molecule has 0 heterocycles. The molecule has 108 valence electrons. The molecule has 0 spiro atoms. The van der Waals surface area contributed by atoms with Crippen LogP contribution in [0.4, 0.5) is 4.39 Å². The quantitative estimate of drug-likeness (QED) is 0.698. The van der Waals surface area contributed by atoms with E-state index in [2.05, 4.69) is 12.2 Å². The molecule has 0 saturated heterocycles. The van der Waals surface area contributed by atoms with Gasteiger partial charge < -0.3 is 14.8 Å². The Bertz CT molecular complexity index is 371. The van der Waals surface area contributed by atoms with E-state index in [1.807, 2.05) is 13.8 Å². The lowest BCUT2D eigenvalue weighted by Gasteiger charge is -2.18. The Morgan fingerprint density at radius 1 is 1.21 bits per heavy atom. The molecular formula is C15H24FNO2. The molecule has 0 amide bonds. The first kappa shape index (κ1) is 15.9. The minimum Gasteiger partial charge on any atom is -0.491 e. The van der Waals surface area contributed by atoms with E-state index in [4.69, 9.17) is 9.47 Å². The number of halogens is 1. The van der Waals surface area contributed by atoms with Crippen LogP contribution in [0.15, 0.2) is 18.2 Å². The molecule has 1 atom stereocenters. The Morgan fingerprint density at radius 3 is 2.68 bits per heavy atom. The van der Waals surface area contributed by atoms with E-state index < -0.39 is 0 Å². The summed E-state index contributed by atoms with van der Waals surface area (Å²) in [7, 11) is 0. The second-order valence-electron chi connectivity index (χ2n) is 4.39. The number of hydrogen-bond acceptors (Lipinski definition) is 3. The zero-order valence-electron chi connectivity index (χ0n) is 12.0. The highest BCUT2D eigenvalue weighted by Gasteiger charge is 2.15. The van der Waals surface area contributed by atoms with Crippen molar-refractivity contribution in [1.29, 1.82) is 0 Å². The van der Waals surface area contributed by atoms with E-state index in [1.165, 1.54) is 6.07 Å². The Hall–Kier alpha value is -1.13. The molecule has 1 unspecified atom stereocenters. The van der Waals surface area contributed by atoms with Crippen LogP contribution in [0.5, 0.6) is 5.75 Å². The highest BCUT2D eigenvalue weighted by Crippen LogP contribution is 2.27. The summed E-state index contributed by atoms with van der Waals surface area (Å²) < 4.78 is 24.9. The minimum absolute atomic E-state index is 0.0715. The van der Waals surface area contributed by atoms with Crippen molar-refractivity contribution in [1.82, 2.24) is 5.32 Å². The van der Waals surface area contributed by atoms with Gasteiger partial charge in [-0.25, -0.2) is 4.39 Å². The first-order chi connectivity index (χ1) is 9.20. The molecule has 1 N–H and O–H groups in total. The van der Waals surface area contributed by atoms with E-state index in [-0.39, 0.29) is 11.9 Å². The summed E-state index contributed by atoms with van der Waals surface area (Å²) in [6.07, 6.45) is 0.989. The zero-order chi connectivity index (χ0) is 14.1. The highest BCUT2D eigenvalue weighted by atomic mass is 19.1. The molecule has 0 bridgehead atoms. The molecule has 0 fully saturated rings. The fourth-order valence-electron chi connectivity index (χ4n) is 1.93. The number of hydrogen-bond donors (Lipinski definition) is 1. The molecule has 1 rings (SSSR count). The maximum absolute atomic E-state index is 13.9. The molecule has 0 saturated carbocycles. The molecule has 4 heteroatoms. The minimum atomic E-state index is -0.236. The van der Waals surface area contributed by atoms with E-state index in [9.17, 15) is 4.39 Å². The molecule has 3 nitrogen and oxygen atoms in total. The van der Waals surface area contributed by atoms with Crippen LogP contribution in [-0.2, 0) is 4.74 Å². The second kappa shape index (κ2) is 8.88. The topological polar surface area (TPSA) is 30.5 Å². The molecule has 0 aliphatic heterocycles. The van der Waals surface area contributed by atoms with Gasteiger partial charge in [0, 0.05) is 18.2 Å². The summed E-state index contributed by atoms with van der Waals surface area (Å²) in [6, 6.07) is 4.85. The van der Waals surface area contributed by atoms with Crippen LogP contribution in [0.3, 0.4) is 0 Å². The molecule has 0 aliphatic carbocycles. The van der Waals surface area contributed by atoms with Gasteiger partial charge >= 0.3 is 0 Å². The van der Waals surface area contributed by atoms with Crippen molar-refractivity contribution in [2.45, 2.75) is 33.2 Å². The summed E-state index contributed by atoms with van der Waals surface area (Å²) in [5, 5.41) is 3.20. The summed E-state index contributed by atoms with van der Waals surface area (Å²) in [4.78, 5) is 0. The van der Waals surface area contributed by atoms with Crippen LogP contribution in [0, 0.1) is 5.82 Å². The fourth-order valence-corrected chi connectivity index (χ4v) is 1.93. The molecule has 1 aromatic carbocycles. The van der Waals surface area contributed by atoms with Crippen molar-refractivity contribution in [3.63, 3.8) is 0 Å². The molecule has 0 aliphatic rings. The largest absolute Gasteiger partial charge is 0.491 e. The first-order valence-electron chi connectivity index (χ1n) is 6.93. The van der Waals surface area contributed by atoms with Crippen LogP contribution in [0.25, 0.3) is 0 Å². The number of rotatable bonds is 9. The van der Waals surface area contributed by atoms with Gasteiger partial charge in [0.1, 0.15) is 18.2 Å². The highest BCUT2D eigenvalue weighted by molar-refractivity contribution is 5.37. The Morgan fingerprint density at radius 2 is 2.00 bits per heavy atom. The molecule has 0 radical (unpaired) electrons. The second-order valence-corrected chi connectivity index (χ2v) is 4.39. The van der Waals surface area contributed by atoms with Crippen LogP contribution in [-0.4, -0.2) is 26.4 Å². The predicted octanol–water partition coefficient (Wildman–Crippen LogP) is 3.30. The maximum atomic E-state index is 13.9. The maximum Gasteiger partial charge on any atom is 0.131 e. The van der Waals surface area contributed by atoms with E-state index >= 15 is 0 Å². The third kappa shape index (κ3) is 5.17. The van der Waals surface area contributed by atoms with Gasteiger partial charge in [-0.2, -0.15) is 0 Å². The Balaban J connectivity index is 2.63. The SMILES string of the molecule is CCCOCCOc1cccc(F)c1C(C)NCC. The smallest absolute Gasteiger partial charge is 0.131 e. The van der Waals surface area contributed by atoms with Gasteiger partial charge in [0.25, 0.3) is 0 Å². The number of nitrogens with one attached hydrogen (secondary N) is 1.